The average molecular weight is 366 g/mol. The van der Waals surface area contributed by atoms with Gasteiger partial charge in [0.2, 0.25) is 10.0 Å². The Morgan fingerprint density at radius 3 is 2.48 bits per heavy atom. The zero-order valence-electron chi connectivity index (χ0n) is 14.5. The van der Waals surface area contributed by atoms with Crippen molar-refractivity contribution in [2.45, 2.75) is 38.5 Å². The number of hydrogen-bond acceptors (Lipinski definition) is 6. The molecule has 1 aliphatic rings. The number of nitro groups is 1. The third-order valence-electron chi connectivity index (χ3n) is 4.02. The van der Waals surface area contributed by atoms with Crippen molar-refractivity contribution in [2.75, 3.05) is 18.5 Å². The number of nitrogens with zero attached hydrogens (tertiary/aromatic N) is 3. The molecule has 25 heavy (non-hydrogen) atoms. The highest BCUT2D eigenvalue weighted by Crippen LogP contribution is 2.29. The fourth-order valence-corrected chi connectivity index (χ4v) is 4.08. The Labute approximate surface area is 147 Å². The van der Waals surface area contributed by atoms with Crippen molar-refractivity contribution in [3.05, 3.63) is 40.0 Å². The van der Waals surface area contributed by atoms with Crippen LogP contribution in [0, 0.1) is 10.1 Å². The van der Waals surface area contributed by atoms with Crippen LogP contribution in [-0.2, 0) is 10.0 Å². The molecule has 0 saturated heterocycles. The molecule has 0 radical (unpaired) electrons. The summed E-state index contributed by atoms with van der Waals surface area (Å²) in [4.78, 5) is 10.6. The minimum Gasteiger partial charge on any atom is -0.271 e. The first-order valence-corrected chi connectivity index (χ1v) is 9.52. The molecule has 1 aromatic carbocycles. The molecule has 0 aromatic heterocycles. The van der Waals surface area contributed by atoms with Gasteiger partial charge in [0.15, 0.2) is 0 Å². The van der Waals surface area contributed by atoms with Crippen LogP contribution in [0.5, 0.6) is 0 Å². The molecular formula is C16H22N4O4S. The van der Waals surface area contributed by atoms with Gasteiger partial charge in [0.1, 0.15) is 5.69 Å². The van der Waals surface area contributed by atoms with Crippen molar-refractivity contribution >= 4 is 27.1 Å². The molecule has 1 aliphatic carbocycles. The SMILES string of the molecule is CCN(CC)S(=O)(=O)c1ccc(N/N=C2\C=C(C)CC2)c([N+](=O)[O-])c1. The van der Waals surface area contributed by atoms with Crippen molar-refractivity contribution < 1.29 is 13.3 Å². The van der Waals surface area contributed by atoms with Crippen LogP contribution in [0.4, 0.5) is 11.4 Å². The molecule has 0 fully saturated rings. The monoisotopic (exact) mass is 366 g/mol. The topological polar surface area (TPSA) is 105 Å². The third-order valence-corrected chi connectivity index (χ3v) is 6.06. The van der Waals surface area contributed by atoms with Gasteiger partial charge in [-0.1, -0.05) is 19.4 Å². The fourth-order valence-electron chi connectivity index (χ4n) is 2.60. The summed E-state index contributed by atoms with van der Waals surface area (Å²) in [6.45, 7) is 6.03. The van der Waals surface area contributed by atoms with Crippen molar-refractivity contribution in [1.29, 1.82) is 0 Å². The second-order valence-corrected chi connectivity index (χ2v) is 7.67. The molecule has 0 unspecified atom stereocenters. The number of nitrogens with one attached hydrogen (secondary N) is 1. The summed E-state index contributed by atoms with van der Waals surface area (Å²) in [7, 11) is -3.76. The molecular weight excluding hydrogens is 344 g/mol. The third kappa shape index (κ3) is 4.23. The molecule has 0 aliphatic heterocycles. The maximum Gasteiger partial charge on any atom is 0.295 e. The van der Waals surface area contributed by atoms with E-state index in [-0.39, 0.29) is 16.3 Å². The Morgan fingerprint density at radius 2 is 1.96 bits per heavy atom. The Morgan fingerprint density at radius 1 is 1.28 bits per heavy atom. The van der Waals surface area contributed by atoms with Crippen molar-refractivity contribution in [3.8, 4) is 0 Å². The van der Waals surface area contributed by atoms with Gasteiger partial charge in [-0.2, -0.15) is 9.41 Å². The van der Waals surface area contributed by atoms with Gasteiger partial charge in [0.25, 0.3) is 5.69 Å². The molecule has 0 saturated carbocycles. The van der Waals surface area contributed by atoms with Gasteiger partial charge in [0.05, 0.1) is 15.5 Å². The van der Waals surface area contributed by atoms with Gasteiger partial charge in [-0.3, -0.25) is 15.5 Å². The van der Waals surface area contributed by atoms with Crippen LogP contribution in [-0.4, -0.2) is 36.4 Å². The molecule has 2 rings (SSSR count). The number of hydrogen-bond donors (Lipinski definition) is 1. The summed E-state index contributed by atoms with van der Waals surface area (Å²) >= 11 is 0. The first-order chi connectivity index (χ1) is 11.8. The Kier molecular flexibility index (Phi) is 5.91. The summed E-state index contributed by atoms with van der Waals surface area (Å²) in [6.07, 6.45) is 3.63. The smallest absolute Gasteiger partial charge is 0.271 e. The first kappa shape index (κ1) is 19.1. The lowest BCUT2D eigenvalue weighted by Gasteiger charge is -2.18. The molecule has 8 nitrogen and oxygen atoms in total. The lowest BCUT2D eigenvalue weighted by molar-refractivity contribution is -0.384. The van der Waals surface area contributed by atoms with E-state index < -0.39 is 14.9 Å². The Bertz CT molecular complexity index is 827. The second kappa shape index (κ2) is 7.75. The van der Waals surface area contributed by atoms with Gasteiger partial charge in [-0.15, -0.1) is 0 Å². The van der Waals surface area contributed by atoms with Crippen molar-refractivity contribution in [3.63, 3.8) is 0 Å². The minimum atomic E-state index is -3.76. The van der Waals surface area contributed by atoms with E-state index in [1.165, 1.54) is 22.0 Å². The molecule has 0 heterocycles. The minimum absolute atomic E-state index is 0.0993. The number of sulfonamides is 1. The van der Waals surface area contributed by atoms with E-state index in [0.29, 0.717) is 13.1 Å². The van der Waals surface area contributed by atoms with E-state index in [1.54, 1.807) is 13.8 Å². The lowest BCUT2D eigenvalue weighted by Crippen LogP contribution is -2.30. The quantitative estimate of drug-likeness (QED) is 0.589. The predicted octanol–water partition coefficient (Wildman–Crippen LogP) is 3.13. The van der Waals surface area contributed by atoms with E-state index in [2.05, 4.69) is 10.5 Å². The van der Waals surface area contributed by atoms with Crippen LogP contribution in [0.25, 0.3) is 0 Å². The number of rotatable bonds is 7. The van der Waals surface area contributed by atoms with Crippen molar-refractivity contribution in [1.82, 2.24) is 4.31 Å². The fraction of sp³-hybridized carbons (Fsp3) is 0.438. The summed E-state index contributed by atoms with van der Waals surface area (Å²) in [6, 6.07) is 3.81. The zero-order valence-corrected chi connectivity index (χ0v) is 15.3. The van der Waals surface area contributed by atoms with E-state index >= 15 is 0 Å². The summed E-state index contributed by atoms with van der Waals surface area (Å²) in [5.41, 5.74) is 4.54. The lowest BCUT2D eigenvalue weighted by atomic mass is 10.3. The van der Waals surface area contributed by atoms with Crippen molar-refractivity contribution in [2.24, 2.45) is 5.10 Å². The highest BCUT2D eigenvalue weighted by atomic mass is 32.2. The van der Waals surface area contributed by atoms with Gasteiger partial charge >= 0.3 is 0 Å². The molecule has 1 aromatic rings. The van der Waals surface area contributed by atoms with Crippen LogP contribution >= 0.6 is 0 Å². The van der Waals surface area contributed by atoms with Gasteiger partial charge in [-0.05, 0) is 38.0 Å². The molecule has 0 amide bonds. The van der Waals surface area contributed by atoms with Crippen LogP contribution in [0.3, 0.4) is 0 Å². The summed E-state index contributed by atoms with van der Waals surface area (Å²) < 4.78 is 26.3. The number of benzene rings is 1. The number of nitro benzene ring substituents is 1. The molecule has 136 valence electrons. The Balaban J connectivity index is 2.37. The maximum atomic E-state index is 12.5. The van der Waals surface area contributed by atoms with Crippen LogP contribution in [0.1, 0.15) is 33.6 Å². The predicted molar refractivity (Wildman–Crippen MR) is 97.3 cm³/mol. The summed E-state index contributed by atoms with van der Waals surface area (Å²) in [5, 5.41) is 15.5. The highest BCUT2D eigenvalue weighted by Gasteiger charge is 2.25. The number of anilines is 1. The summed E-state index contributed by atoms with van der Waals surface area (Å²) in [5.74, 6) is 0. The van der Waals surface area contributed by atoms with E-state index in [9.17, 15) is 18.5 Å². The average Bonchev–Trinajstić information content (AvgIpc) is 2.99. The second-order valence-electron chi connectivity index (χ2n) is 5.73. The molecule has 1 N–H and O–H groups in total. The van der Waals surface area contributed by atoms with E-state index in [1.807, 2.05) is 13.0 Å². The molecule has 0 spiro atoms. The van der Waals surface area contributed by atoms with Crippen LogP contribution < -0.4 is 5.43 Å². The zero-order chi connectivity index (χ0) is 18.6. The molecule has 0 atom stereocenters. The normalized spacial score (nSPS) is 16.3. The highest BCUT2D eigenvalue weighted by molar-refractivity contribution is 7.89. The number of hydrazone groups is 1. The van der Waals surface area contributed by atoms with Crippen LogP contribution in [0.2, 0.25) is 0 Å². The first-order valence-electron chi connectivity index (χ1n) is 8.08. The van der Waals surface area contributed by atoms with Gasteiger partial charge < -0.3 is 0 Å². The van der Waals surface area contributed by atoms with Gasteiger partial charge in [0, 0.05) is 19.2 Å². The number of allylic oxidation sites excluding steroid dienone is 2. The molecule has 0 bridgehead atoms. The van der Waals surface area contributed by atoms with Crippen LogP contribution in [0.15, 0.2) is 39.8 Å². The van der Waals surface area contributed by atoms with Gasteiger partial charge in [-0.25, -0.2) is 8.42 Å². The standard InChI is InChI=1S/C16H22N4O4S/c1-4-19(5-2)25(23,24)14-8-9-15(16(11-14)20(21)22)18-17-13-7-6-12(3)10-13/h8-11,18H,4-7H2,1-3H3/b17-13-. The van der Waals surface area contributed by atoms with E-state index in [0.717, 1.165) is 24.6 Å². The van der Waals surface area contributed by atoms with E-state index in [4.69, 9.17) is 0 Å². The Hall–Kier alpha value is -2.26. The maximum absolute atomic E-state index is 12.5. The molecule has 9 heteroatoms. The largest absolute Gasteiger partial charge is 0.295 e.